The number of amides is 2. The summed E-state index contributed by atoms with van der Waals surface area (Å²) in [7, 11) is 0. The van der Waals surface area contributed by atoms with Crippen LogP contribution < -0.4 is 10.2 Å². The number of hydrogen-bond acceptors (Lipinski definition) is 7. The SMILES string of the molecule is Cc1ccc(N2CC(C(=O)Nc3nnc(SCc4cccs4)s3)CC2=O)cc1F. The fraction of sp³-hybridized carbons (Fsp3) is 0.263. The molecule has 3 aromatic rings. The third-order valence-corrected chi connectivity index (χ3v) is 7.60. The van der Waals surface area contributed by atoms with Crippen molar-refractivity contribution in [2.45, 2.75) is 23.4 Å². The summed E-state index contributed by atoms with van der Waals surface area (Å²) in [6.45, 7) is 1.88. The maximum atomic E-state index is 13.8. The van der Waals surface area contributed by atoms with Gasteiger partial charge in [0, 0.05) is 29.3 Å². The van der Waals surface area contributed by atoms with Crippen molar-refractivity contribution in [1.82, 2.24) is 10.2 Å². The van der Waals surface area contributed by atoms with Crippen LogP contribution in [0.3, 0.4) is 0 Å². The molecule has 1 aliphatic heterocycles. The van der Waals surface area contributed by atoms with E-state index in [9.17, 15) is 14.0 Å². The topological polar surface area (TPSA) is 75.2 Å². The third kappa shape index (κ3) is 4.65. The number of aromatic nitrogens is 2. The summed E-state index contributed by atoms with van der Waals surface area (Å²) in [4.78, 5) is 27.6. The number of nitrogens with zero attached hydrogens (tertiary/aromatic N) is 3. The Morgan fingerprint density at radius 2 is 2.24 bits per heavy atom. The number of rotatable bonds is 6. The number of carbonyl (C=O) groups excluding carboxylic acids is 2. The van der Waals surface area contributed by atoms with Gasteiger partial charge in [0.25, 0.3) is 0 Å². The summed E-state index contributed by atoms with van der Waals surface area (Å²) < 4.78 is 14.6. The third-order valence-electron chi connectivity index (χ3n) is 4.52. The van der Waals surface area contributed by atoms with E-state index in [1.54, 1.807) is 42.2 Å². The van der Waals surface area contributed by atoms with Crippen molar-refractivity contribution >= 4 is 57.1 Å². The summed E-state index contributed by atoms with van der Waals surface area (Å²) in [6.07, 6.45) is 0.0835. The minimum absolute atomic E-state index is 0.0835. The standard InChI is InChI=1S/C19H17FN4O2S3/c1-11-4-5-13(8-15(11)20)24-9-12(7-16(24)25)17(26)21-18-22-23-19(29-18)28-10-14-3-2-6-27-14/h2-6,8,12H,7,9-10H2,1H3,(H,21,22,26). The average Bonchev–Trinajstić information content (AvgIpc) is 3.43. The number of thioether (sulfide) groups is 1. The molecule has 4 rings (SSSR count). The van der Waals surface area contributed by atoms with Crippen molar-refractivity contribution in [2.24, 2.45) is 5.92 Å². The zero-order valence-corrected chi connectivity index (χ0v) is 17.9. The number of hydrogen-bond donors (Lipinski definition) is 1. The zero-order chi connectivity index (χ0) is 20.4. The van der Waals surface area contributed by atoms with Crippen molar-refractivity contribution in [3.8, 4) is 0 Å². The van der Waals surface area contributed by atoms with Crippen LogP contribution in [-0.2, 0) is 15.3 Å². The molecule has 1 aromatic carbocycles. The van der Waals surface area contributed by atoms with Crippen LogP contribution in [-0.4, -0.2) is 28.6 Å². The molecular weight excluding hydrogens is 431 g/mol. The normalized spacial score (nSPS) is 16.4. The number of aryl methyl sites for hydroxylation is 1. The fourth-order valence-electron chi connectivity index (χ4n) is 2.94. The minimum atomic E-state index is -0.516. The molecule has 10 heteroatoms. The van der Waals surface area contributed by atoms with Gasteiger partial charge in [0.2, 0.25) is 16.9 Å². The van der Waals surface area contributed by atoms with Crippen LogP contribution in [0.5, 0.6) is 0 Å². The molecule has 2 aromatic heterocycles. The van der Waals surface area contributed by atoms with Gasteiger partial charge in [-0.25, -0.2) is 4.39 Å². The predicted molar refractivity (Wildman–Crippen MR) is 114 cm³/mol. The Balaban J connectivity index is 1.35. The molecular formula is C19H17FN4O2S3. The van der Waals surface area contributed by atoms with Crippen LogP contribution in [0, 0.1) is 18.7 Å². The summed E-state index contributed by atoms with van der Waals surface area (Å²) in [5, 5.41) is 13.3. The van der Waals surface area contributed by atoms with E-state index >= 15 is 0 Å². The highest BCUT2D eigenvalue weighted by molar-refractivity contribution is 8.00. The first-order valence-corrected chi connectivity index (χ1v) is 11.5. The molecule has 2 amide bonds. The van der Waals surface area contributed by atoms with Crippen molar-refractivity contribution in [1.29, 1.82) is 0 Å². The minimum Gasteiger partial charge on any atom is -0.311 e. The second kappa shape index (κ2) is 8.60. The van der Waals surface area contributed by atoms with Crippen molar-refractivity contribution < 1.29 is 14.0 Å². The Kier molecular flexibility index (Phi) is 5.93. The maximum Gasteiger partial charge on any atom is 0.231 e. The Morgan fingerprint density at radius 1 is 1.38 bits per heavy atom. The molecule has 1 aliphatic rings. The van der Waals surface area contributed by atoms with E-state index in [2.05, 4.69) is 21.6 Å². The lowest BCUT2D eigenvalue weighted by atomic mass is 10.1. The molecule has 0 saturated carbocycles. The van der Waals surface area contributed by atoms with Crippen LogP contribution >= 0.6 is 34.4 Å². The van der Waals surface area contributed by atoms with Gasteiger partial charge < -0.3 is 10.2 Å². The average molecular weight is 449 g/mol. The van der Waals surface area contributed by atoms with Gasteiger partial charge >= 0.3 is 0 Å². The van der Waals surface area contributed by atoms with E-state index in [-0.39, 0.29) is 30.6 Å². The molecule has 29 heavy (non-hydrogen) atoms. The summed E-state index contributed by atoms with van der Waals surface area (Å²) in [5.74, 6) is -0.556. The lowest BCUT2D eigenvalue weighted by molar-refractivity contribution is -0.122. The summed E-state index contributed by atoms with van der Waals surface area (Å²) >= 11 is 4.56. The Morgan fingerprint density at radius 3 is 3.00 bits per heavy atom. The zero-order valence-electron chi connectivity index (χ0n) is 15.4. The van der Waals surface area contributed by atoms with Gasteiger partial charge in [0.05, 0.1) is 5.92 Å². The number of carbonyl (C=O) groups is 2. The second-order valence-corrected chi connectivity index (χ2v) is 9.80. The molecule has 0 bridgehead atoms. The predicted octanol–water partition coefficient (Wildman–Crippen LogP) is 4.33. The molecule has 0 aliphatic carbocycles. The number of nitrogens with one attached hydrogen (secondary N) is 1. The second-order valence-electron chi connectivity index (χ2n) is 6.57. The monoisotopic (exact) mass is 448 g/mol. The highest BCUT2D eigenvalue weighted by atomic mass is 32.2. The molecule has 0 spiro atoms. The van der Waals surface area contributed by atoms with Gasteiger partial charge in [0.1, 0.15) is 5.82 Å². The lowest BCUT2D eigenvalue weighted by Gasteiger charge is -2.17. The van der Waals surface area contributed by atoms with Crippen LogP contribution in [0.15, 0.2) is 40.1 Å². The molecule has 1 saturated heterocycles. The van der Waals surface area contributed by atoms with Gasteiger partial charge in [-0.1, -0.05) is 35.2 Å². The molecule has 1 atom stereocenters. The Bertz CT molecular complexity index is 1040. The van der Waals surface area contributed by atoms with Gasteiger partial charge in [0.15, 0.2) is 4.34 Å². The highest BCUT2D eigenvalue weighted by Gasteiger charge is 2.35. The number of thiophene rings is 1. The maximum absolute atomic E-state index is 13.8. The lowest BCUT2D eigenvalue weighted by Crippen LogP contribution is -2.28. The van der Waals surface area contributed by atoms with Crippen LogP contribution in [0.1, 0.15) is 16.9 Å². The van der Waals surface area contributed by atoms with Crippen LogP contribution in [0.2, 0.25) is 0 Å². The first-order chi connectivity index (χ1) is 14.0. The van der Waals surface area contributed by atoms with Crippen molar-refractivity contribution in [3.63, 3.8) is 0 Å². The van der Waals surface area contributed by atoms with Crippen LogP contribution in [0.25, 0.3) is 0 Å². The smallest absolute Gasteiger partial charge is 0.231 e. The first-order valence-electron chi connectivity index (χ1n) is 8.85. The van der Waals surface area contributed by atoms with Gasteiger partial charge in [-0.05, 0) is 36.1 Å². The molecule has 6 nitrogen and oxygen atoms in total. The van der Waals surface area contributed by atoms with Crippen molar-refractivity contribution in [2.75, 3.05) is 16.8 Å². The van der Waals surface area contributed by atoms with Gasteiger partial charge in [-0.15, -0.1) is 21.5 Å². The van der Waals surface area contributed by atoms with Gasteiger partial charge in [-0.3, -0.25) is 9.59 Å². The largest absolute Gasteiger partial charge is 0.311 e. The molecule has 3 heterocycles. The Labute approximate surface area is 179 Å². The van der Waals surface area contributed by atoms with E-state index < -0.39 is 5.92 Å². The number of benzene rings is 1. The molecule has 1 N–H and O–H groups in total. The van der Waals surface area contributed by atoms with Gasteiger partial charge in [-0.2, -0.15) is 0 Å². The summed E-state index contributed by atoms with van der Waals surface area (Å²) in [6, 6.07) is 8.71. The number of anilines is 2. The van der Waals surface area contributed by atoms with E-state index in [4.69, 9.17) is 0 Å². The van der Waals surface area contributed by atoms with E-state index in [1.807, 2.05) is 11.4 Å². The fourth-order valence-corrected chi connectivity index (χ4v) is 5.46. The first kappa shape index (κ1) is 20.0. The number of halogens is 1. The quantitative estimate of drug-likeness (QED) is 0.449. The highest BCUT2D eigenvalue weighted by Crippen LogP contribution is 2.31. The molecule has 150 valence electrons. The summed E-state index contributed by atoms with van der Waals surface area (Å²) in [5.41, 5.74) is 0.982. The molecule has 1 unspecified atom stereocenters. The Hall–Kier alpha value is -2.30. The van der Waals surface area contributed by atoms with E-state index in [0.29, 0.717) is 16.4 Å². The molecule has 0 radical (unpaired) electrons. The molecule has 1 fully saturated rings. The van der Waals surface area contributed by atoms with Crippen LogP contribution in [0.4, 0.5) is 15.2 Å². The van der Waals surface area contributed by atoms with E-state index in [0.717, 1.165) is 10.1 Å². The van der Waals surface area contributed by atoms with Crippen molar-refractivity contribution in [3.05, 3.63) is 52.0 Å². The van der Waals surface area contributed by atoms with E-state index in [1.165, 1.54) is 27.2 Å².